The summed E-state index contributed by atoms with van der Waals surface area (Å²) in [6.45, 7) is 1.44. The summed E-state index contributed by atoms with van der Waals surface area (Å²) in [4.78, 5) is 10.7. The zero-order valence-corrected chi connectivity index (χ0v) is 11.4. The highest BCUT2D eigenvalue weighted by atomic mass is 35.5. The molecule has 2 unspecified atom stereocenters. The van der Waals surface area contributed by atoms with Crippen molar-refractivity contribution < 1.29 is 20.1 Å². The molecule has 0 saturated carbocycles. The second-order valence-corrected chi connectivity index (χ2v) is 5.53. The van der Waals surface area contributed by atoms with Crippen LogP contribution in [0, 0.1) is 0 Å². The predicted molar refractivity (Wildman–Crippen MR) is 71.8 cm³/mol. The van der Waals surface area contributed by atoms with Gasteiger partial charge in [-0.25, -0.2) is 0 Å². The van der Waals surface area contributed by atoms with Gasteiger partial charge >= 0.3 is 0 Å². The van der Waals surface area contributed by atoms with Crippen molar-refractivity contribution >= 4 is 28.5 Å². The molecule has 100 valence electrons. The van der Waals surface area contributed by atoms with Gasteiger partial charge in [-0.3, -0.25) is 4.79 Å². The van der Waals surface area contributed by atoms with E-state index < -0.39 is 12.2 Å². The number of aromatic hydroxyl groups is 1. The van der Waals surface area contributed by atoms with Gasteiger partial charge in [-0.15, -0.1) is 0 Å². The van der Waals surface area contributed by atoms with Crippen LogP contribution in [0.2, 0.25) is 5.02 Å². The molecule has 0 saturated heterocycles. The number of phenols is 1. The quantitative estimate of drug-likeness (QED) is 0.774. The number of hydrogen-bond donors (Lipinski definition) is 3. The molecule has 0 aromatic heterocycles. The predicted octanol–water partition coefficient (Wildman–Crippen LogP) is 2.11. The number of aliphatic hydroxyl groups is 2. The number of benzene rings is 1. The van der Waals surface area contributed by atoms with Crippen molar-refractivity contribution in [2.24, 2.45) is 0 Å². The van der Waals surface area contributed by atoms with Crippen LogP contribution in [0.5, 0.6) is 5.75 Å². The molecular formula is C12H15ClO4S. The van der Waals surface area contributed by atoms with E-state index in [4.69, 9.17) is 11.6 Å². The normalized spacial score (nSPS) is 14.2. The maximum absolute atomic E-state index is 10.7. The lowest BCUT2D eigenvalue weighted by molar-refractivity contribution is -0.109. The monoisotopic (exact) mass is 290 g/mol. The number of hydrogen-bond acceptors (Lipinski definition) is 5. The van der Waals surface area contributed by atoms with Crippen molar-refractivity contribution in [3.63, 3.8) is 0 Å². The third-order valence-electron chi connectivity index (χ3n) is 2.38. The summed E-state index contributed by atoms with van der Waals surface area (Å²) in [5.74, 6) is 0.392. The molecule has 1 aromatic rings. The Bertz CT molecular complexity index is 425. The van der Waals surface area contributed by atoms with Gasteiger partial charge in [0.25, 0.3) is 0 Å². The second-order valence-electron chi connectivity index (χ2n) is 3.85. The zero-order chi connectivity index (χ0) is 13.7. The first-order valence-corrected chi connectivity index (χ1v) is 6.76. The van der Waals surface area contributed by atoms with E-state index >= 15 is 0 Å². The first-order chi connectivity index (χ1) is 8.41. The van der Waals surface area contributed by atoms with Crippen molar-refractivity contribution in [1.29, 1.82) is 0 Å². The number of rotatable bonds is 5. The third-order valence-corrected chi connectivity index (χ3v) is 3.57. The van der Waals surface area contributed by atoms with Crippen LogP contribution >= 0.6 is 23.4 Å². The van der Waals surface area contributed by atoms with Crippen LogP contribution in [0.15, 0.2) is 18.2 Å². The highest BCUT2D eigenvalue weighted by molar-refractivity contribution is 8.13. The molecule has 1 aromatic carbocycles. The van der Waals surface area contributed by atoms with Gasteiger partial charge in [0.05, 0.1) is 6.10 Å². The lowest BCUT2D eigenvalue weighted by Crippen LogP contribution is -2.19. The van der Waals surface area contributed by atoms with Crippen molar-refractivity contribution in [2.45, 2.75) is 25.6 Å². The van der Waals surface area contributed by atoms with Crippen LogP contribution in [-0.2, 0) is 4.79 Å². The largest absolute Gasteiger partial charge is 0.508 e. The van der Waals surface area contributed by atoms with Gasteiger partial charge in [-0.1, -0.05) is 23.4 Å². The molecule has 0 aliphatic carbocycles. The summed E-state index contributed by atoms with van der Waals surface area (Å²) in [6, 6.07) is 4.16. The van der Waals surface area contributed by atoms with Gasteiger partial charge < -0.3 is 15.3 Å². The Hall–Kier alpha value is -0.750. The van der Waals surface area contributed by atoms with Gasteiger partial charge in [0.1, 0.15) is 11.9 Å². The molecule has 0 amide bonds. The maximum Gasteiger partial charge on any atom is 0.185 e. The number of carbonyl (C=O) groups excluding carboxylic acids is 1. The Morgan fingerprint density at radius 3 is 2.72 bits per heavy atom. The van der Waals surface area contributed by atoms with Crippen LogP contribution in [-0.4, -0.2) is 32.3 Å². The molecule has 0 heterocycles. The molecule has 0 aliphatic heterocycles. The van der Waals surface area contributed by atoms with E-state index in [0.29, 0.717) is 5.75 Å². The summed E-state index contributed by atoms with van der Waals surface area (Å²) >= 11 is 6.97. The summed E-state index contributed by atoms with van der Waals surface area (Å²) in [5, 5.41) is 29.3. The number of thioether (sulfide) groups is 1. The average molecular weight is 291 g/mol. The van der Waals surface area contributed by atoms with Gasteiger partial charge in [0.2, 0.25) is 0 Å². The molecule has 18 heavy (non-hydrogen) atoms. The number of halogens is 1. The van der Waals surface area contributed by atoms with Crippen LogP contribution in [0.1, 0.15) is 25.0 Å². The molecule has 6 heteroatoms. The maximum atomic E-state index is 10.7. The van der Waals surface area contributed by atoms with Crippen LogP contribution in [0.4, 0.5) is 0 Å². The molecule has 0 radical (unpaired) electrons. The van der Waals surface area contributed by atoms with Crippen molar-refractivity contribution in [2.75, 3.05) is 5.75 Å². The third kappa shape index (κ3) is 4.49. The standard InChI is InChI=1S/C12H15ClO4S/c1-7(14)18-5-4-11(16)12(17)9-6-8(15)2-3-10(9)13/h2-3,6,11-12,15-17H,4-5H2,1H3. The number of carbonyl (C=O) groups is 1. The minimum atomic E-state index is -1.18. The van der Waals surface area contributed by atoms with Gasteiger partial charge in [0, 0.05) is 23.3 Å². The fraction of sp³-hybridized carbons (Fsp3) is 0.417. The first kappa shape index (κ1) is 15.3. The summed E-state index contributed by atoms with van der Waals surface area (Å²) in [6.07, 6.45) is -1.95. The lowest BCUT2D eigenvalue weighted by Gasteiger charge is -2.19. The average Bonchev–Trinajstić information content (AvgIpc) is 2.30. The fourth-order valence-corrected chi connectivity index (χ4v) is 2.32. The summed E-state index contributed by atoms with van der Waals surface area (Å²) < 4.78 is 0. The fourth-order valence-electron chi connectivity index (χ4n) is 1.45. The highest BCUT2D eigenvalue weighted by Gasteiger charge is 2.21. The van der Waals surface area contributed by atoms with Gasteiger partial charge in [-0.05, 0) is 24.6 Å². The van der Waals surface area contributed by atoms with Crippen LogP contribution < -0.4 is 0 Å². The molecule has 3 N–H and O–H groups in total. The van der Waals surface area contributed by atoms with E-state index in [1.807, 2.05) is 0 Å². The van der Waals surface area contributed by atoms with E-state index in [-0.39, 0.29) is 27.9 Å². The smallest absolute Gasteiger partial charge is 0.185 e. The number of phenolic OH excluding ortho intramolecular Hbond substituents is 1. The minimum Gasteiger partial charge on any atom is -0.508 e. The summed E-state index contributed by atoms with van der Waals surface area (Å²) in [5.41, 5.74) is 0.275. The molecule has 1 rings (SSSR count). The zero-order valence-electron chi connectivity index (χ0n) is 9.84. The van der Waals surface area contributed by atoms with Crippen molar-refractivity contribution in [3.8, 4) is 5.75 Å². The Balaban J connectivity index is 2.64. The Kier molecular flexibility index (Phi) is 5.95. The molecule has 0 aliphatic rings. The highest BCUT2D eigenvalue weighted by Crippen LogP contribution is 2.30. The first-order valence-electron chi connectivity index (χ1n) is 5.39. The Morgan fingerprint density at radius 1 is 1.44 bits per heavy atom. The van der Waals surface area contributed by atoms with E-state index in [1.165, 1.54) is 25.1 Å². The van der Waals surface area contributed by atoms with E-state index in [0.717, 1.165) is 11.8 Å². The molecular weight excluding hydrogens is 276 g/mol. The molecule has 0 spiro atoms. The Morgan fingerprint density at radius 2 is 2.11 bits per heavy atom. The molecule has 0 fully saturated rings. The van der Waals surface area contributed by atoms with Crippen molar-refractivity contribution in [3.05, 3.63) is 28.8 Å². The van der Waals surface area contributed by atoms with E-state index in [2.05, 4.69) is 0 Å². The topological polar surface area (TPSA) is 77.8 Å². The van der Waals surface area contributed by atoms with Crippen LogP contribution in [0.3, 0.4) is 0 Å². The van der Waals surface area contributed by atoms with Gasteiger partial charge in [0.15, 0.2) is 5.12 Å². The van der Waals surface area contributed by atoms with E-state index in [1.54, 1.807) is 0 Å². The Labute approximate surface area is 115 Å². The minimum absolute atomic E-state index is 0.0289. The van der Waals surface area contributed by atoms with E-state index in [9.17, 15) is 20.1 Å². The van der Waals surface area contributed by atoms with Crippen LogP contribution in [0.25, 0.3) is 0 Å². The lowest BCUT2D eigenvalue weighted by atomic mass is 10.0. The number of aliphatic hydroxyl groups excluding tert-OH is 2. The summed E-state index contributed by atoms with van der Waals surface area (Å²) in [7, 11) is 0. The second kappa shape index (κ2) is 6.99. The van der Waals surface area contributed by atoms with Gasteiger partial charge in [-0.2, -0.15) is 0 Å². The SMILES string of the molecule is CC(=O)SCCC(O)C(O)c1cc(O)ccc1Cl. The molecule has 2 atom stereocenters. The molecule has 4 nitrogen and oxygen atoms in total. The van der Waals surface area contributed by atoms with Crippen molar-refractivity contribution in [1.82, 2.24) is 0 Å². The molecule has 0 bridgehead atoms.